The van der Waals surface area contributed by atoms with Gasteiger partial charge in [-0.1, -0.05) is 17.7 Å². The number of anilines is 2. The molecule has 1 heterocycles. The fourth-order valence-corrected chi connectivity index (χ4v) is 2.21. The first-order chi connectivity index (χ1) is 8.36. The molecule has 0 fully saturated rings. The van der Waals surface area contributed by atoms with Crippen LogP contribution in [0.25, 0.3) is 0 Å². The second-order valence-electron chi connectivity index (χ2n) is 3.63. The molecule has 0 radical (unpaired) electrons. The summed E-state index contributed by atoms with van der Waals surface area (Å²) in [4.78, 5) is 3.93. The van der Waals surface area contributed by atoms with Gasteiger partial charge in [0.25, 0.3) is 0 Å². The molecule has 0 bridgehead atoms. The highest BCUT2D eigenvalue weighted by Crippen LogP contribution is 2.33. The molecule has 0 saturated heterocycles. The first-order valence-electron chi connectivity index (χ1n) is 4.92. The zero-order valence-electron chi connectivity index (χ0n) is 9.18. The minimum absolute atomic E-state index is 0.312. The summed E-state index contributed by atoms with van der Waals surface area (Å²) >= 11 is 6.88. The summed E-state index contributed by atoms with van der Waals surface area (Å²) < 4.78 is 37.7. The number of rotatable bonds is 2. The van der Waals surface area contributed by atoms with Crippen LogP contribution in [0.15, 0.2) is 23.6 Å². The number of alkyl halides is 3. The van der Waals surface area contributed by atoms with Crippen LogP contribution in [0, 0.1) is 6.92 Å². The zero-order valence-corrected chi connectivity index (χ0v) is 10.7. The van der Waals surface area contributed by atoms with Gasteiger partial charge in [0.2, 0.25) is 0 Å². The monoisotopic (exact) mass is 292 g/mol. The van der Waals surface area contributed by atoms with E-state index in [9.17, 15) is 13.2 Å². The van der Waals surface area contributed by atoms with Gasteiger partial charge in [-0.3, -0.25) is 0 Å². The third-order valence-corrected chi connectivity index (χ3v) is 3.36. The highest BCUT2D eigenvalue weighted by molar-refractivity contribution is 7.14. The molecule has 0 unspecified atom stereocenters. The molecule has 0 aliphatic heterocycles. The Hall–Kier alpha value is -1.27. The van der Waals surface area contributed by atoms with Gasteiger partial charge in [0, 0.05) is 11.1 Å². The molecule has 18 heavy (non-hydrogen) atoms. The summed E-state index contributed by atoms with van der Waals surface area (Å²) in [5.74, 6) is 0. The van der Waals surface area contributed by atoms with Crippen molar-refractivity contribution in [2.75, 3.05) is 5.32 Å². The van der Waals surface area contributed by atoms with Crippen LogP contribution in [0.1, 0.15) is 11.1 Å². The maximum absolute atomic E-state index is 12.6. The molecule has 7 heteroatoms. The van der Waals surface area contributed by atoms with Crippen molar-refractivity contribution in [2.24, 2.45) is 0 Å². The quantitative estimate of drug-likeness (QED) is 0.854. The normalized spacial score (nSPS) is 11.6. The number of nitrogens with one attached hydrogen (secondary N) is 1. The molecule has 2 rings (SSSR count). The Kier molecular flexibility index (Phi) is 3.49. The maximum Gasteiger partial charge on any atom is 0.416 e. The van der Waals surface area contributed by atoms with E-state index in [0.717, 1.165) is 12.1 Å². The number of halogens is 4. The lowest BCUT2D eigenvalue weighted by atomic mass is 10.1. The van der Waals surface area contributed by atoms with Gasteiger partial charge in [-0.05, 0) is 24.6 Å². The summed E-state index contributed by atoms with van der Waals surface area (Å²) in [7, 11) is 0. The van der Waals surface area contributed by atoms with Crippen LogP contribution >= 0.6 is 22.9 Å². The molecule has 2 nitrogen and oxygen atoms in total. The smallest absolute Gasteiger partial charge is 0.331 e. The van der Waals surface area contributed by atoms with Gasteiger partial charge in [0.05, 0.1) is 5.56 Å². The van der Waals surface area contributed by atoms with E-state index in [1.165, 1.54) is 17.4 Å². The van der Waals surface area contributed by atoms with Crippen molar-refractivity contribution in [3.63, 3.8) is 0 Å². The molecule has 2 aromatic rings. The Bertz CT molecular complexity index is 566. The molecule has 0 aliphatic carbocycles. The van der Waals surface area contributed by atoms with Crippen LogP contribution in [0.4, 0.5) is 24.0 Å². The van der Waals surface area contributed by atoms with Crippen LogP contribution in [0.3, 0.4) is 0 Å². The average molecular weight is 293 g/mol. The minimum atomic E-state index is -4.36. The molecular weight excluding hydrogens is 285 g/mol. The topological polar surface area (TPSA) is 24.9 Å². The maximum atomic E-state index is 12.6. The van der Waals surface area contributed by atoms with Crippen molar-refractivity contribution in [1.82, 2.24) is 4.98 Å². The van der Waals surface area contributed by atoms with Gasteiger partial charge >= 0.3 is 6.18 Å². The number of thiazole rings is 1. The van der Waals surface area contributed by atoms with Crippen molar-refractivity contribution >= 4 is 33.8 Å². The van der Waals surface area contributed by atoms with E-state index in [0.29, 0.717) is 21.5 Å². The van der Waals surface area contributed by atoms with Crippen molar-refractivity contribution in [3.05, 3.63) is 39.9 Å². The lowest BCUT2D eigenvalue weighted by Crippen LogP contribution is -2.06. The first-order valence-corrected chi connectivity index (χ1v) is 6.18. The summed E-state index contributed by atoms with van der Waals surface area (Å²) in [6.07, 6.45) is -4.36. The Balaban J connectivity index is 2.32. The predicted molar refractivity (Wildman–Crippen MR) is 66.6 cm³/mol. The second-order valence-corrected chi connectivity index (χ2v) is 4.87. The van der Waals surface area contributed by atoms with E-state index in [1.807, 2.05) is 0 Å². The Morgan fingerprint density at radius 2 is 2.06 bits per heavy atom. The van der Waals surface area contributed by atoms with E-state index in [1.54, 1.807) is 12.3 Å². The van der Waals surface area contributed by atoms with E-state index in [-0.39, 0.29) is 0 Å². The van der Waals surface area contributed by atoms with E-state index >= 15 is 0 Å². The molecular formula is C11H8ClF3N2S. The fourth-order valence-electron chi connectivity index (χ4n) is 1.36. The number of nitrogens with zero attached hydrogens (tertiary/aromatic N) is 1. The number of aromatic nitrogens is 1. The predicted octanol–water partition coefficient (Wildman–Crippen LogP) is 4.87. The summed E-state index contributed by atoms with van der Waals surface area (Å²) in [6.45, 7) is 1.72. The van der Waals surface area contributed by atoms with Crippen molar-refractivity contribution in [2.45, 2.75) is 13.1 Å². The number of benzene rings is 1. The van der Waals surface area contributed by atoms with E-state index in [2.05, 4.69) is 10.3 Å². The molecule has 0 saturated carbocycles. The number of hydrogen-bond acceptors (Lipinski definition) is 3. The average Bonchev–Trinajstić information content (AvgIpc) is 2.66. The van der Waals surface area contributed by atoms with Crippen molar-refractivity contribution in [1.29, 1.82) is 0 Å². The number of hydrogen-bond donors (Lipinski definition) is 1. The Labute approximate surface area is 110 Å². The third-order valence-electron chi connectivity index (χ3n) is 2.28. The largest absolute Gasteiger partial charge is 0.416 e. The standard InChI is InChI=1S/C11H8ClF3N2S/c1-6-2-3-7(11(13,14)15)4-8(6)16-10-17-9(12)5-18-10/h2-5H,1H3,(H,16,17). The summed E-state index contributed by atoms with van der Waals surface area (Å²) in [5.41, 5.74) is 0.378. The van der Waals surface area contributed by atoms with Crippen LogP contribution in [-0.2, 0) is 6.18 Å². The molecule has 1 N–H and O–H groups in total. The lowest BCUT2D eigenvalue weighted by Gasteiger charge is -2.11. The Morgan fingerprint density at radius 1 is 1.33 bits per heavy atom. The minimum Gasteiger partial charge on any atom is -0.331 e. The van der Waals surface area contributed by atoms with Crippen LogP contribution in [0.5, 0.6) is 0 Å². The van der Waals surface area contributed by atoms with Crippen LogP contribution in [-0.4, -0.2) is 4.98 Å². The lowest BCUT2D eigenvalue weighted by molar-refractivity contribution is -0.137. The second kappa shape index (κ2) is 4.78. The molecule has 0 amide bonds. The SMILES string of the molecule is Cc1ccc(C(F)(F)F)cc1Nc1nc(Cl)cs1. The third kappa shape index (κ3) is 2.94. The molecule has 96 valence electrons. The van der Waals surface area contributed by atoms with Gasteiger partial charge in [0.1, 0.15) is 5.15 Å². The Morgan fingerprint density at radius 3 is 2.61 bits per heavy atom. The first kappa shape index (κ1) is 13.2. The zero-order chi connectivity index (χ0) is 13.3. The number of aryl methyl sites for hydroxylation is 1. The van der Waals surface area contributed by atoms with Gasteiger partial charge in [0.15, 0.2) is 5.13 Å². The van der Waals surface area contributed by atoms with Crippen molar-refractivity contribution in [3.8, 4) is 0 Å². The summed E-state index contributed by atoms with van der Waals surface area (Å²) in [6, 6.07) is 3.53. The van der Waals surface area contributed by atoms with Crippen LogP contribution < -0.4 is 5.32 Å². The molecule has 1 aromatic carbocycles. The van der Waals surface area contributed by atoms with Gasteiger partial charge in [-0.2, -0.15) is 13.2 Å². The molecule has 0 atom stereocenters. The van der Waals surface area contributed by atoms with Gasteiger partial charge in [-0.25, -0.2) is 4.98 Å². The van der Waals surface area contributed by atoms with Crippen LogP contribution in [0.2, 0.25) is 5.15 Å². The van der Waals surface area contributed by atoms with E-state index in [4.69, 9.17) is 11.6 Å². The highest BCUT2D eigenvalue weighted by atomic mass is 35.5. The molecule has 0 aliphatic rings. The van der Waals surface area contributed by atoms with E-state index < -0.39 is 11.7 Å². The van der Waals surface area contributed by atoms with Gasteiger partial charge < -0.3 is 5.32 Å². The highest BCUT2D eigenvalue weighted by Gasteiger charge is 2.30. The van der Waals surface area contributed by atoms with Gasteiger partial charge in [-0.15, -0.1) is 11.3 Å². The molecule has 1 aromatic heterocycles. The fraction of sp³-hybridized carbons (Fsp3) is 0.182. The van der Waals surface area contributed by atoms with Crippen molar-refractivity contribution < 1.29 is 13.2 Å². The summed E-state index contributed by atoms with van der Waals surface area (Å²) in [5, 5.41) is 5.21. The molecule has 0 spiro atoms.